The van der Waals surface area contributed by atoms with Crippen molar-refractivity contribution in [3.8, 4) is 5.69 Å². The number of amides is 1. The Hall–Kier alpha value is -1.39. The van der Waals surface area contributed by atoms with Crippen LogP contribution >= 0.6 is 46.6 Å². The second-order valence-electron chi connectivity index (χ2n) is 7.74. The van der Waals surface area contributed by atoms with Crippen LogP contribution in [0, 0.1) is 5.82 Å². The number of carbonyl (C=O) groups excluding carboxylic acids is 1. The minimum atomic E-state index is -0.240. The summed E-state index contributed by atoms with van der Waals surface area (Å²) < 4.78 is 15.5. The Morgan fingerprint density at radius 1 is 1.16 bits per heavy atom. The van der Waals surface area contributed by atoms with Crippen LogP contribution in [0.1, 0.15) is 18.4 Å². The van der Waals surface area contributed by atoms with Crippen molar-refractivity contribution in [3.05, 3.63) is 65.1 Å². The number of halogens is 4. The van der Waals surface area contributed by atoms with E-state index in [4.69, 9.17) is 11.6 Å². The first-order chi connectivity index (χ1) is 15.0. The zero-order valence-electron chi connectivity index (χ0n) is 17.5. The van der Waals surface area contributed by atoms with Crippen molar-refractivity contribution in [2.24, 2.45) is 0 Å². The number of carbonyl (C=O) groups is 1. The summed E-state index contributed by atoms with van der Waals surface area (Å²) in [6, 6.07) is 12.5. The molecule has 0 spiro atoms. The van der Waals surface area contributed by atoms with E-state index in [2.05, 4.69) is 48.9 Å². The van der Waals surface area contributed by atoms with Gasteiger partial charge in [0, 0.05) is 28.8 Å². The second kappa shape index (κ2) is 11.7. The maximum absolute atomic E-state index is 13.3. The van der Waals surface area contributed by atoms with Gasteiger partial charge in [-0.3, -0.25) is 9.69 Å². The van der Waals surface area contributed by atoms with Crippen LogP contribution in [0.25, 0.3) is 16.6 Å². The van der Waals surface area contributed by atoms with Crippen molar-refractivity contribution < 1.29 is 9.18 Å². The maximum Gasteiger partial charge on any atom is 0.236 e. The lowest BCUT2D eigenvalue weighted by molar-refractivity contribution is -0.118. The molecule has 1 atom stereocenters. The Morgan fingerprint density at radius 3 is 2.62 bits per heavy atom. The van der Waals surface area contributed by atoms with E-state index in [-0.39, 0.29) is 28.3 Å². The highest BCUT2D eigenvalue weighted by molar-refractivity contribution is 14.1. The van der Waals surface area contributed by atoms with E-state index < -0.39 is 0 Å². The monoisotopic (exact) mass is 590 g/mol. The lowest BCUT2D eigenvalue weighted by Crippen LogP contribution is -2.32. The Bertz CT molecular complexity index is 1060. The third-order valence-electron chi connectivity index (χ3n) is 5.50. The Balaban J connectivity index is 0.00000289. The first-order valence-electron chi connectivity index (χ1n) is 10.4. The molecular weight excluding hydrogens is 565 g/mol. The van der Waals surface area contributed by atoms with Gasteiger partial charge >= 0.3 is 0 Å². The molecule has 2 aromatic carbocycles. The number of aromatic nitrogens is 1. The molecule has 3 aromatic rings. The van der Waals surface area contributed by atoms with Crippen LogP contribution in [0.4, 0.5) is 4.39 Å². The molecule has 1 aliphatic rings. The Kier molecular flexibility index (Phi) is 9.19. The first kappa shape index (κ1) is 25.2. The average Bonchev–Trinajstić information content (AvgIpc) is 3.26. The highest BCUT2D eigenvalue weighted by atomic mass is 127. The van der Waals surface area contributed by atoms with E-state index in [1.165, 1.54) is 17.7 Å². The van der Waals surface area contributed by atoms with Crippen LogP contribution in [0.15, 0.2) is 48.7 Å². The number of fused-ring (bicyclic) bond motifs is 1. The van der Waals surface area contributed by atoms with E-state index in [1.807, 2.05) is 18.2 Å². The molecule has 0 bridgehead atoms. The summed E-state index contributed by atoms with van der Waals surface area (Å²) >= 11 is 8.51. The maximum atomic E-state index is 13.3. The van der Waals surface area contributed by atoms with Crippen molar-refractivity contribution in [1.82, 2.24) is 20.1 Å². The minimum Gasteiger partial charge on any atom is -0.331 e. The lowest BCUT2D eigenvalue weighted by Gasteiger charge is -2.17. The SMILES string of the molecule is Cl.O=C1CN(CCCNCCCc2cn(-c3ccc(F)cc3)c3ccc(Cl)cc23)C(I)N1. The molecular formula is C23H26Cl2FIN4O. The molecule has 0 saturated carbocycles. The molecule has 5 nitrogen and oxygen atoms in total. The van der Waals surface area contributed by atoms with E-state index >= 15 is 0 Å². The highest BCUT2D eigenvalue weighted by Gasteiger charge is 2.26. The van der Waals surface area contributed by atoms with Crippen molar-refractivity contribution in [2.75, 3.05) is 26.2 Å². The van der Waals surface area contributed by atoms with Gasteiger partial charge in [-0.05, 0) is 103 Å². The molecule has 4 rings (SSSR count). The van der Waals surface area contributed by atoms with Gasteiger partial charge in [-0.25, -0.2) is 4.39 Å². The van der Waals surface area contributed by atoms with E-state index in [1.54, 1.807) is 12.1 Å². The summed E-state index contributed by atoms with van der Waals surface area (Å²) in [5.74, 6) is -0.136. The average molecular weight is 591 g/mol. The van der Waals surface area contributed by atoms with Crippen LogP contribution in [-0.2, 0) is 11.2 Å². The number of hydrogen-bond acceptors (Lipinski definition) is 3. The number of alkyl halides is 1. The fraction of sp³-hybridized carbons (Fsp3) is 0.348. The third kappa shape index (κ3) is 6.14. The molecule has 0 aliphatic carbocycles. The molecule has 1 unspecified atom stereocenters. The molecule has 9 heteroatoms. The van der Waals surface area contributed by atoms with Crippen LogP contribution in [0.2, 0.25) is 5.02 Å². The van der Waals surface area contributed by atoms with Gasteiger partial charge in [0.2, 0.25) is 5.91 Å². The van der Waals surface area contributed by atoms with Gasteiger partial charge in [-0.15, -0.1) is 12.4 Å². The van der Waals surface area contributed by atoms with Gasteiger partial charge in [0.15, 0.2) is 0 Å². The quantitative estimate of drug-likeness (QED) is 0.161. The molecule has 1 saturated heterocycles. The molecule has 2 heterocycles. The van der Waals surface area contributed by atoms with Gasteiger partial charge in [0.1, 0.15) is 9.99 Å². The zero-order chi connectivity index (χ0) is 21.8. The van der Waals surface area contributed by atoms with Gasteiger partial charge in [-0.2, -0.15) is 0 Å². The van der Waals surface area contributed by atoms with Gasteiger partial charge < -0.3 is 15.2 Å². The van der Waals surface area contributed by atoms with Crippen LogP contribution in [0.5, 0.6) is 0 Å². The van der Waals surface area contributed by atoms with Gasteiger partial charge in [0.25, 0.3) is 0 Å². The molecule has 1 amide bonds. The molecule has 32 heavy (non-hydrogen) atoms. The fourth-order valence-electron chi connectivity index (χ4n) is 3.95. The molecule has 2 N–H and O–H groups in total. The van der Waals surface area contributed by atoms with E-state index in [9.17, 15) is 9.18 Å². The number of benzene rings is 2. The largest absolute Gasteiger partial charge is 0.331 e. The van der Waals surface area contributed by atoms with Crippen LogP contribution in [-0.4, -0.2) is 45.7 Å². The summed E-state index contributed by atoms with van der Waals surface area (Å²) in [6.45, 7) is 3.25. The fourth-order valence-corrected chi connectivity index (χ4v) is 4.94. The van der Waals surface area contributed by atoms with Crippen molar-refractivity contribution >= 4 is 63.4 Å². The number of nitrogens with one attached hydrogen (secondary N) is 2. The summed E-state index contributed by atoms with van der Waals surface area (Å²) in [5.41, 5.74) is 3.24. The minimum absolute atomic E-state index is 0. The molecule has 1 aliphatic heterocycles. The number of hydrogen-bond donors (Lipinski definition) is 2. The number of nitrogens with zero attached hydrogens (tertiary/aromatic N) is 2. The second-order valence-corrected chi connectivity index (χ2v) is 9.36. The smallest absolute Gasteiger partial charge is 0.236 e. The summed E-state index contributed by atoms with van der Waals surface area (Å²) in [7, 11) is 0. The molecule has 1 fully saturated rings. The normalized spacial score (nSPS) is 16.3. The Labute approximate surface area is 212 Å². The summed E-state index contributed by atoms with van der Waals surface area (Å²) in [6.07, 6.45) is 5.08. The summed E-state index contributed by atoms with van der Waals surface area (Å²) in [4.78, 5) is 13.5. The van der Waals surface area contributed by atoms with Crippen molar-refractivity contribution in [1.29, 1.82) is 0 Å². The van der Waals surface area contributed by atoms with E-state index in [0.717, 1.165) is 55.5 Å². The van der Waals surface area contributed by atoms with Crippen molar-refractivity contribution in [2.45, 2.75) is 23.4 Å². The van der Waals surface area contributed by atoms with Gasteiger partial charge in [-0.1, -0.05) is 11.6 Å². The third-order valence-corrected chi connectivity index (χ3v) is 6.83. The molecule has 0 radical (unpaired) electrons. The zero-order valence-corrected chi connectivity index (χ0v) is 21.2. The predicted molar refractivity (Wildman–Crippen MR) is 139 cm³/mol. The first-order valence-corrected chi connectivity index (χ1v) is 12.1. The lowest BCUT2D eigenvalue weighted by atomic mass is 10.1. The van der Waals surface area contributed by atoms with E-state index in [0.29, 0.717) is 11.6 Å². The molecule has 1 aromatic heterocycles. The van der Waals surface area contributed by atoms with Crippen molar-refractivity contribution in [3.63, 3.8) is 0 Å². The standard InChI is InChI=1S/C23H25ClFIN4O.ClH/c24-17-4-9-21-20(13-17)16(14-30(21)19-7-5-18(25)6-8-19)3-1-10-27-11-2-12-29-15-22(31)28-23(29)26;/h4-9,13-14,23,27H,1-3,10-12,15H2,(H,28,31);1H. The predicted octanol–water partition coefficient (Wildman–Crippen LogP) is 4.91. The van der Waals surface area contributed by atoms with Crippen LogP contribution < -0.4 is 10.6 Å². The topological polar surface area (TPSA) is 49.3 Å². The summed E-state index contributed by atoms with van der Waals surface area (Å²) in [5, 5.41) is 8.26. The molecule has 172 valence electrons. The number of aryl methyl sites for hydroxylation is 1. The highest BCUT2D eigenvalue weighted by Crippen LogP contribution is 2.28. The van der Waals surface area contributed by atoms with Crippen LogP contribution in [0.3, 0.4) is 0 Å². The van der Waals surface area contributed by atoms with Gasteiger partial charge in [0.05, 0.1) is 12.1 Å². The Morgan fingerprint density at radius 2 is 1.91 bits per heavy atom. The number of rotatable bonds is 9.